The fourth-order valence-electron chi connectivity index (χ4n) is 7.15. The lowest BCUT2D eigenvalue weighted by molar-refractivity contribution is -0.136. The van der Waals surface area contributed by atoms with Crippen LogP contribution in [-0.2, 0) is 30.0 Å². The van der Waals surface area contributed by atoms with Crippen LogP contribution in [0.2, 0.25) is 5.82 Å². The van der Waals surface area contributed by atoms with E-state index in [1.165, 1.54) is 19.3 Å². The zero-order valence-electron chi connectivity index (χ0n) is 24.0. The molecule has 2 fully saturated rings. The highest BCUT2D eigenvalue weighted by atomic mass is 16.7. The molecular formula is C36H39BO4. The SMILES string of the molecule is COC(c1ccccc1)(c1ccccc1)[C@@H]1OB(C2CCCCC2)O[C@H]1C(OC)(c1ccccc1)c1ccccc1. The molecule has 0 N–H and O–H groups in total. The molecule has 1 aliphatic heterocycles. The lowest BCUT2D eigenvalue weighted by Crippen LogP contribution is -2.56. The molecule has 0 aromatic heterocycles. The Kier molecular flexibility index (Phi) is 8.41. The van der Waals surface area contributed by atoms with Gasteiger partial charge in [-0.25, -0.2) is 0 Å². The van der Waals surface area contributed by atoms with Gasteiger partial charge in [-0.2, -0.15) is 0 Å². The number of ether oxygens (including phenoxy) is 2. The summed E-state index contributed by atoms with van der Waals surface area (Å²) >= 11 is 0. The van der Waals surface area contributed by atoms with Gasteiger partial charge < -0.3 is 18.8 Å². The highest BCUT2D eigenvalue weighted by Gasteiger charge is 2.62. The molecule has 1 saturated heterocycles. The Morgan fingerprint density at radius 1 is 0.512 bits per heavy atom. The molecule has 1 saturated carbocycles. The molecule has 210 valence electrons. The van der Waals surface area contributed by atoms with Crippen LogP contribution in [0.1, 0.15) is 54.4 Å². The fraction of sp³-hybridized carbons (Fsp3) is 0.333. The topological polar surface area (TPSA) is 36.9 Å². The zero-order valence-corrected chi connectivity index (χ0v) is 24.0. The molecular weight excluding hydrogens is 507 g/mol. The zero-order chi connectivity index (χ0) is 28.1. The van der Waals surface area contributed by atoms with Crippen molar-refractivity contribution >= 4 is 7.12 Å². The Balaban J connectivity index is 1.60. The summed E-state index contributed by atoms with van der Waals surface area (Å²) in [6.07, 6.45) is 4.80. The van der Waals surface area contributed by atoms with Crippen molar-refractivity contribution in [2.45, 2.75) is 61.3 Å². The molecule has 4 aromatic rings. The predicted octanol–water partition coefficient (Wildman–Crippen LogP) is 7.77. The molecule has 2 aliphatic rings. The molecule has 41 heavy (non-hydrogen) atoms. The van der Waals surface area contributed by atoms with Gasteiger partial charge in [0.25, 0.3) is 0 Å². The predicted molar refractivity (Wildman–Crippen MR) is 164 cm³/mol. The summed E-state index contributed by atoms with van der Waals surface area (Å²) in [5.74, 6) is 0.318. The van der Waals surface area contributed by atoms with Crippen molar-refractivity contribution in [2.24, 2.45) is 0 Å². The van der Waals surface area contributed by atoms with Crippen LogP contribution in [0.4, 0.5) is 0 Å². The molecule has 0 unspecified atom stereocenters. The maximum atomic E-state index is 7.20. The third-order valence-electron chi connectivity index (χ3n) is 9.13. The van der Waals surface area contributed by atoms with E-state index >= 15 is 0 Å². The minimum atomic E-state index is -0.954. The molecule has 2 atom stereocenters. The fourth-order valence-corrected chi connectivity index (χ4v) is 7.15. The van der Waals surface area contributed by atoms with E-state index in [1.807, 2.05) is 24.3 Å². The van der Waals surface area contributed by atoms with Gasteiger partial charge in [0.15, 0.2) is 0 Å². The number of benzene rings is 4. The van der Waals surface area contributed by atoms with Gasteiger partial charge in [0.05, 0.1) is 0 Å². The van der Waals surface area contributed by atoms with E-state index in [0.29, 0.717) is 5.82 Å². The van der Waals surface area contributed by atoms with Gasteiger partial charge >= 0.3 is 7.12 Å². The van der Waals surface area contributed by atoms with E-state index in [-0.39, 0.29) is 7.12 Å². The first-order valence-corrected chi connectivity index (χ1v) is 14.9. The number of hydrogen-bond donors (Lipinski definition) is 0. The molecule has 1 aliphatic carbocycles. The van der Waals surface area contributed by atoms with E-state index in [9.17, 15) is 0 Å². The highest BCUT2D eigenvalue weighted by Crippen LogP contribution is 2.52. The van der Waals surface area contributed by atoms with Crippen molar-refractivity contribution in [1.29, 1.82) is 0 Å². The number of hydrogen-bond acceptors (Lipinski definition) is 4. The first-order chi connectivity index (χ1) is 20.2. The van der Waals surface area contributed by atoms with Crippen LogP contribution >= 0.6 is 0 Å². The van der Waals surface area contributed by atoms with Crippen molar-refractivity contribution in [3.05, 3.63) is 144 Å². The molecule has 0 spiro atoms. The van der Waals surface area contributed by atoms with Crippen LogP contribution in [0, 0.1) is 0 Å². The summed E-state index contributed by atoms with van der Waals surface area (Å²) < 4.78 is 27.8. The third kappa shape index (κ3) is 4.95. The smallest absolute Gasteiger partial charge is 0.402 e. The van der Waals surface area contributed by atoms with E-state index in [0.717, 1.165) is 35.1 Å². The molecule has 0 amide bonds. The van der Waals surface area contributed by atoms with E-state index < -0.39 is 23.4 Å². The second-order valence-corrected chi connectivity index (χ2v) is 11.2. The second kappa shape index (κ2) is 12.3. The standard InChI is InChI=1S/C36H39BO4/c1-38-35(28-18-8-3-9-19-28,29-20-10-4-11-21-29)33-34(41-37(40-33)32-26-16-7-17-27-32)36(39-2,30-22-12-5-13-23-30)31-24-14-6-15-25-31/h3-6,8-15,18-25,32-34H,7,16-17,26-27H2,1-2H3/t33-,34-/m1/s1. The van der Waals surface area contributed by atoms with Gasteiger partial charge in [-0.3, -0.25) is 0 Å². The minimum absolute atomic E-state index is 0.318. The second-order valence-electron chi connectivity index (χ2n) is 11.2. The normalized spacial score (nSPS) is 20.3. The highest BCUT2D eigenvalue weighted by molar-refractivity contribution is 6.47. The van der Waals surface area contributed by atoms with Crippen LogP contribution in [-0.4, -0.2) is 33.5 Å². The monoisotopic (exact) mass is 546 g/mol. The van der Waals surface area contributed by atoms with Crippen molar-refractivity contribution in [3.63, 3.8) is 0 Å². The van der Waals surface area contributed by atoms with Crippen LogP contribution in [0.3, 0.4) is 0 Å². The molecule has 0 radical (unpaired) electrons. The van der Waals surface area contributed by atoms with Crippen molar-refractivity contribution in [3.8, 4) is 0 Å². The van der Waals surface area contributed by atoms with Crippen LogP contribution in [0.25, 0.3) is 0 Å². The van der Waals surface area contributed by atoms with E-state index in [1.54, 1.807) is 14.2 Å². The molecule has 6 rings (SSSR count). The number of methoxy groups -OCH3 is 2. The van der Waals surface area contributed by atoms with Gasteiger partial charge in [0.2, 0.25) is 0 Å². The first-order valence-electron chi connectivity index (χ1n) is 14.9. The third-order valence-corrected chi connectivity index (χ3v) is 9.13. The van der Waals surface area contributed by atoms with Gasteiger partial charge in [0.1, 0.15) is 23.4 Å². The van der Waals surface area contributed by atoms with Crippen LogP contribution in [0.15, 0.2) is 121 Å². The molecule has 0 bridgehead atoms. The van der Waals surface area contributed by atoms with Gasteiger partial charge in [0, 0.05) is 14.2 Å². The quantitative estimate of drug-likeness (QED) is 0.201. The molecule has 4 nitrogen and oxygen atoms in total. The average Bonchev–Trinajstić information content (AvgIpc) is 3.51. The van der Waals surface area contributed by atoms with Gasteiger partial charge in [-0.05, 0) is 28.1 Å². The summed E-state index contributed by atoms with van der Waals surface area (Å²) in [5, 5.41) is 0. The molecule has 1 heterocycles. The Hall–Kier alpha value is -3.22. The first kappa shape index (κ1) is 27.9. The van der Waals surface area contributed by atoms with E-state index in [4.69, 9.17) is 18.8 Å². The summed E-state index contributed by atoms with van der Waals surface area (Å²) in [5.41, 5.74) is 2.16. The molecule has 5 heteroatoms. The minimum Gasteiger partial charge on any atom is -0.402 e. The summed E-state index contributed by atoms with van der Waals surface area (Å²) in [6.45, 7) is 0. The van der Waals surface area contributed by atoms with Gasteiger partial charge in [-0.1, -0.05) is 153 Å². The average molecular weight is 547 g/mol. The Labute approximate surface area is 244 Å². The van der Waals surface area contributed by atoms with Crippen LogP contribution in [0.5, 0.6) is 0 Å². The summed E-state index contributed by atoms with van der Waals surface area (Å²) in [4.78, 5) is 0. The van der Waals surface area contributed by atoms with Crippen molar-refractivity contribution < 1.29 is 18.8 Å². The lowest BCUT2D eigenvalue weighted by Gasteiger charge is -2.47. The van der Waals surface area contributed by atoms with Crippen molar-refractivity contribution in [1.82, 2.24) is 0 Å². The summed E-state index contributed by atoms with van der Waals surface area (Å²) in [7, 11) is 3.20. The molecule has 4 aromatic carbocycles. The maximum absolute atomic E-state index is 7.20. The largest absolute Gasteiger partial charge is 0.461 e. The Morgan fingerprint density at radius 3 is 1.12 bits per heavy atom. The maximum Gasteiger partial charge on any atom is 0.461 e. The summed E-state index contributed by atoms with van der Waals surface area (Å²) in [6, 6.07) is 41.7. The lowest BCUT2D eigenvalue weighted by atomic mass is 9.64. The Bertz CT molecular complexity index is 1180. The number of rotatable bonds is 9. The van der Waals surface area contributed by atoms with Crippen LogP contribution < -0.4 is 0 Å². The van der Waals surface area contributed by atoms with Crippen molar-refractivity contribution in [2.75, 3.05) is 14.2 Å². The van der Waals surface area contributed by atoms with E-state index in [2.05, 4.69) is 97.1 Å². The van der Waals surface area contributed by atoms with Gasteiger partial charge in [-0.15, -0.1) is 0 Å². The Morgan fingerprint density at radius 2 is 0.829 bits per heavy atom.